The summed E-state index contributed by atoms with van der Waals surface area (Å²) in [5, 5.41) is 0.0744. The largest absolute Gasteiger partial charge is 0.493 e. The van der Waals surface area contributed by atoms with Crippen molar-refractivity contribution in [3.8, 4) is 23.0 Å². The predicted molar refractivity (Wildman–Crippen MR) is 104 cm³/mol. The maximum atomic E-state index is 12.4. The lowest BCUT2D eigenvalue weighted by Crippen LogP contribution is -2.20. The summed E-state index contributed by atoms with van der Waals surface area (Å²) in [6.45, 7) is -0.467. The second-order valence-corrected chi connectivity index (χ2v) is 6.24. The van der Waals surface area contributed by atoms with Crippen LogP contribution in [-0.4, -0.2) is 30.6 Å². The smallest absolute Gasteiger partial charge is 0.338 e. The van der Waals surface area contributed by atoms with Gasteiger partial charge in [-0.1, -0.05) is 29.8 Å². The van der Waals surface area contributed by atoms with Crippen molar-refractivity contribution < 1.29 is 28.2 Å². The zero-order chi connectivity index (χ0) is 20.8. The molecule has 0 saturated heterocycles. The highest BCUT2D eigenvalue weighted by Crippen LogP contribution is 2.36. The van der Waals surface area contributed by atoms with Gasteiger partial charge in [0.2, 0.25) is 5.89 Å². The molecule has 0 radical (unpaired) electrons. The minimum absolute atomic E-state index is 0.0744. The molecule has 2 aromatic carbocycles. The van der Waals surface area contributed by atoms with Crippen LogP contribution in [0.5, 0.6) is 11.5 Å². The van der Waals surface area contributed by atoms with Gasteiger partial charge in [0.05, 0.1) is 17.7 Å². The van der Waals surface area contributed by atoms with Gasteiger partial charge in [0, 0.05) is 5.56 Å². The molecule has 1 heterocycles. The van der Waals surface area contributed by atoms with Gasteiger partial charge in [-0.2, -0.15) is 0 Å². The molecule has 1 amide bonds. The standard InChI is InChI=1S/C20H17ClN2O6/c1-26-16-8-13(7-15(21)18(16)27-11-17(22)24)20(25)29-10-14-9-28-19(23-14)12-5-3-2-4-6-12/h2-9H,10-11H2,1H3,(H2,22,24). The van der Waals surface area contributed by atoms with Crippen LogP contribution in [0.2, 0.25) is 5.02 Å². The summed E-state index contributed by atoms with van der Waals surface area (Å²) in [7, 11) is 1.37. The molecule has 0 bridgehead atoms. The zero-order valence-corrected chi connectivity index (χ0v) is 16.1. The third-order valence-electron chi connectivity index (χ3n) is 3.75. The van der Waals surface area contributed by atoms with Crippen LogP contribution in [0.15, 0.2) is 53.1 Å². The molecule has 0 fully saturated rings. The van der Waals surface area contributed by atoms with Crippen molar-refractivity contribution in [1.82, 2.24) is 4.98 Å². The molecular formula is C20H17ClN2O6. The number of amides is 1. The third kappa shape index (κ3) is 5.05. The zero-order valence-electron chi connectivity index (χ0n) is 15.4. The molecule has 0 atom stereocenters. The van der Waals surface area contributed by atoms with E-state index < -0.39 is 11.9 Å². The summed E-state index contributed by atoms with van der Waals surface area (Å²) in [4.78, 5) is 27.6. The van der Waals surface area contributed by atoms with E-state index in [1.807, 2.05) is 30.3 Å². The van der Waals surface area contributed by atoms with Gasteiger partial charge < -0.3 is 24.4 Å². The van der Waals surface area contributed by atoms with Crippen molar-refractivity contribution in [3.63, 3.8) is 0 Å². The van der Waals surface area contributed by atoms with Gasteiger partial charge in [-0.15, -0.1) is 0 Å². The Kier molecular flexibility index (Phi) is 6.36. The van der Waals surface area contributed by atoms with E-state index in [-0.39, 0.29) is 35.3 Å². The van der Waals surface area contributed by atoms with Gasteiger partial charge in [0.15, 0.2) is 18.1 Å². The molecule has 29 heavy (non-hydrogen) atoms. The Morgan fingerprint density at radius 1 is 1.21 bits per heavy atom. The topological polar surface area (TPSA) is 114 Å². The number of benzene rings is 2. The molecule has 0 aliphatic rings. The number of esters is 1. The van der Waals surface area contributed by atoms with Crippen molar-refractivity contribution >= 4 is 23.5 Å². The number of nitrogens with zero attached hydrogens (tertiary/aromatic N) is 1. The number of rotatable bonds is 8. The van der Waals surface area contributed by atoms with Crippen molar-refractivity contribution in [1.29, 1.82) is 0 Å². The fraction of sp³-hybridized carbons (Fsp3) is 0.150. The van der Waals surface area contributed by atoms with Crippen molar-refractivity contribution in [2.45, 2.75) is 6.61 Å². The Morgan fingerprint density at radius 2 is 1.97 bits per heavy atom. The molecule has 9 heteroatoms. The highest BCUT2D eigenvalue weighted by atomic mass is 35.5. The molecule has 0 aliphatic heterocycles. The Balaban J connectivity index is 1.68. The number of methoxy groups -OCH3 is 1. The first-order valence-corrected chi connectivity index (χ1v) is 8.81. The van der Waals surface area contributed by atoms with Gasteiger partial charge in [-0.3, -0.25) is 4.79 Å². The van der Waals surface area contributed by atoms with Crippen molar-refractivity contribution in [2.75, 3.05) is 13.7 Å². The molecule has 1 aromatic heterocycles. The first-order valence-electron chi connectivity index (χ1n) is 8.43. The first-order chi connectivity index (χ1) is 14.0. The van der Waals surface area contributed by atoms with Crippen LogP contribution >= 0.6 is 11.6 Å². The second-order valence-electron chi connectivity index (χ2n) is 5.83. The van der Waals surface area contributed by atoms with Crippen molar-refractivity contribution in [3.05, 3.63) is 65.0 Å². The predicted octanol–water partition coefficient (Wildman–Crippen LogP) is 3.22. The maximum absolute atomic E-state index is 12.4. The van der Waals surface area contributed by atoms with E-state index in [2.05, 4.69) is 4.98 Å². The van der Waals surface area contributed by atoms with Crippen LogP contribution in [0, 0.1) is 0 Å². The quantitative estimate of drug-likeness (QED) is 0.560. The van der Waals surface area contributed by atoms with Gasteiger partial charge in [0.25, 0.3) is 5.91 Å². The summed E-state index contributed by atoms with van der Waals surface area (Å²) in [5.74, 6) is -0.616. The van der Waals surface area contributed by atoms with Crippen LogP contribution in [0.3, 0.4) is 0 Å². The number of ether oxygens (including phenoxy) is 3. The van der Waals surface area contributed by atoms with E-state index in [0.29, 0.717) is 11.6 Å². The Labute approximate surface area is 171 Å². The van der Waals surface area contributed by atoms with Crippen LogP contribution in [0.1, 0.15) is 16.1 Å². The van der Waals surface area contributed by atoms with Gasteiger partial charge in [-0.05, 0) is 24.3 Å². The van der Waals surface area contributed by atoms with Gasteiger partial charge in [0.1, 0.15) is 18.6 Å². The normalized spacial score (nSPS) is 10.4. The van der Waals surface area contributed by atoms with Crippen LogP contribution in [0.25, 0.3) is 11.5 Å². The minimum atomic E-state index is -0.672. The molecule has 2 N–H and O–H groups in total. The minimum Gasteiger partial charge on any atom is -0.493 e. The monoisotopic (exact) mass is 416 g/mol. The average molecular weight is 417 g/mol. The molecule has 0 aliphatic carbocycles. The number of carbonyl (C=O) groups is 2. The Hall–Kier alpha value is -3.52. The summed E-state index contributed by atoms with van der Waals surface area (Å²) in [6.07, 6.45) is 1.42. The van der Waals surface area contributed by atoms with E-state index in [1.165, 1.54) is 25.5 Å². The fourth-order valence-corrected chi connectivity index (χ4v) is 2.70. The van der Waals surface area contributed by atoms with Crippen LogP contribution in [-0.2, 0) is 16.1 Å². The average Bonchev–Trinajstić information content (AvgIpc) is 3.20. The number of aromatic nitrogens is 1. The highest BCUT2D eigenvalue weighted by Gasteiger charge is 2.18. The molecule has 0 saturated carbocycles. The molecular weight excluding hydrogens is 400 g/mol. The van der Waals surface area contributed by atoms with Gasteiger partial charge >= 0.3 is 5.97 Å². The van der Waals surface area contributed by atoms with E-state index >= 15 is 0 Å². The molecule has 8 nitrogen and oxygen atoms in total. The Morgan fingerprint density at radius 3 is 2.66 bits per heavy atom. The second kappa shape index (κ2) is 9.11. The summed E-state index contributed by atoms with van der Waals surface area (Å²) < 4.78 is 21.1. The summed E-state index contributed by atoms with van der Waals surface area (Å²) in [6, 6.07) is 12.1. The number of nitrogens with two attached hydrogens (primary N) is 1. The number of carbonyl (C=O) groups excluding carboxylic acids is 2. The van der Waals surface area contributed by atoms with Crippen LogP contribution in [0.4, 0.5) is 0 Å². The van der Waals surface area contributed by atoms with Gasteiger partial charge in [-0.25, -0.2) is 9.78 Å². The SMILES string of the molecule is COc1cc(C(=O)OCc2coc(-c3ccccc3)n2)cc(Cl)c1OCC(N)=O. The van der Waals surface area contributed by atoms with Crippen molar-refractivity contribution in [2.24, 2.45) is 5.73 Å². The number of hydrogen-bond acceptors (Lipinski definition) is 7. The fourth-order valence-electron chi connectivity index (χ4n) is 2.43. The molecule has 3 rings (SSSR count). The third-order valence-corrected chi connectivity index (χ3v) is 4.03. The maximum Gasteiger partial charge on any atom is 0.338 e. The van der Waals surface area contributed by atoms with E-state index in [0.717, 1.165) is 5.56 Å². The molecule has 0 spiro atoms. The van der Waals surface area contributed by atoms with E-state index in [1.54, 1.807) is 0 Å². The van der Waals surface area contributed by atoms with E-state index in [9.17, 15) is 9.59 Å². The number of primary amides is 1. The molecule has 150 valence electrons. The number of hydrogen-bond donors (Lipinski definition) is 1. The number of halogens is 1. The number of oxazole rings is 1. The van der Waals surface area contributed by atoms with E-state index in [4.69, 9.17) is 36.0 Å². The Bertz CT molecular complexity index is 1020. The van der Waals surface area contributed by atoms with Crippen LogP contribution < -0.4 is 15.2 Å². The lowest BCUT2D eigenvalue weighted by Gasteiger charge is -2.13. The lowest BCUT2D eigenvalue weighted by molar-refractivity contribution is -0.119. The summed E-state index contributed by atoms with van der Waals surface area (Å²) >= 11 is 6.14. The lowest BCUT2D eigenvalue weighted by atomic mass is 10.2. The molecule has 3 aromatic rings. The molecule has 0 unspecified atom stereocenters. The first kappa shape index (κ1) is 20.2. The summed E-state index contributed by atoms with van der Waals surface area (Å²) in [5.41, 5.74) is 6.47. The highest BCUT2D eigenvalue weighted by molar-refractivity contribution is 6.32.